The number of nitrogens with zero attached hydrogens (tertiary/aromatic N) is 2. The highest BCUT2D eigenvalue weighted by molar-refractivity contribution is 5.75. The molecular formula is C9H7F3N2. The van der Waals surface area contributed by atoms with E-state index in [1.807, 2.05) is 0 Å². The lowest BCUT2D eigenvalue weighted by Gasteiger charge is -2.13. The van der Waals surface area contributed by atoms with Crippen molar-refractivity contribution in [3.8, 4) is 0 Å². The third-order valence-electron chi connectivity index (χ3n) is 1.97. The average Bonchev–Trinajstić information content (AvgIpc) is 2.61. The van der Waals surface area contributed by atoms with Gasteiger partial charge in [0, 0.05) is 0 Å². The molecule has 2 rings (SSSR count). The van der Waals surface area contributed by atoms with Crippen molar-refractivity contribution in [3.63, 3.8) is 0 Å². The van der Waals surface area contributed by atoms with Gasteiger partial charge < -0.3 is 0 Å². The highest BCUT2D eigenvalue weighted by atomic mass is 19.3. The van der Waals surface area contributed by atoms with Crippen molar-refractivity contribution in [2.45, 2.75) is 6.05 Å². The smallest absolute Gasteiger partial charge is 0.268 e. The highest BCUT2D eigenvalue weighted by Crippen LogP contribution is 2.25. The zero-order valence-corrected chi connectivity index (χ0v) is 7.12. The molecule has 0 atom stereocenters. The second-order valence-electron chi connectivity index (χ2n) is 2.90. The van der Waals surface area contributed by atoms with Crippen LogP contribution in [-0.2, 0) is 6.05 Å². The molecular weight excluding hydrogens is 193 g/mol. The van der Waals surface area contributed by atoms with Gasteiger partial charge in [-0.1, -0.05) is 12.1 Å². The number of alkyl halides is 3. The van der Waals surface area contributed by atoms with Gasteiger partial charge in [-0.15, -0.1) is 0 Å². The molecule has 0 N–H and O–H groups in total. The van der Waals surface area contributed by atoms with Gasteiger partial charge in [-0.2, -0.15) is 8.78 Å². The fraction of sp³-hybridized carbons (Fsp3) is 0.222. The van der Waals surface area contributed by atoms with Gasteiger partial charge in [0.2, 0.25) is 0 Å². The first-order valence-corrected chi connectivity index (χ1v) is 4.01. The number of imidazole rings is 1. The van der Waals surface area contributed by atoms with Crippen molar-refractivity contribution in [3.05, 3.63) is 30.6 Å². The maximum absolute atomic E-state index is 13.0. The predicted octanol–water partition coefficient (Wildman–Crippen LogP) is 2.56. The monoisotopic (exact) mass is 200 g/mol. The Morgan fingerprint density at radius 2 is 2.00 bits per heavy atom. The molecule has 0 saturated heterocycles. The molecule has 1 heterocycles. The van der Waals surface area contributed by atoms with Crippen molar-refractivity contribution in [1.82, 2.24) is 9.55 Å². The molecule has 2 nitrogen and oxygen atoms in total. The zero-order chi connectivity index (χ0) is 10.2. The van der Waals surface area contributed by atoms with Crippen LogP contribution in [0.4, 0.5) is 13.2 Å². The van der Waals surface area contributed by atoms with E-state index in [0.29, 0.717) is 10.1 Å². The van der Waals surface area contributed by atoms with E-state index in [0.717, 1.165) is 6.33 Å². The third-order valence-corrected chi connectivity index (χ3v) is 1.97. The van der Waals surface area contributed by atoms with Crippen LogP contribution in [0.3, 0.4) is 0 Å². The molecule has 1 aromatic heterocycles. The summed E-state index contributed by atoms with van der Waals surface area (Å²) in [7, 11) is 0. The molecule has 0 aliphatic rings. The van der Waals surface area contributed by atoms with Crippen LogP contribution in [0.5, 0.6) is 0 Å². The molecule has 5 heteroatoms. The van der Waals surface area contributed by atoms with Crippen LogP contribution < -0.4 is 0 Å². The lowest BCUT2D eigenvalue weighted by Crippen LogP contribution is -2.24. The summed E-state index contributed by atoms with van der Waals surface area (Å²) >= 11 is 0. The Kier molecular flexibility index (Phi) is 1.94. The van der Waals surface area contributed by atoms with Crippen LogP contribution in [0, 0.1) is 0 Å². The fourth-order valence-corrected chi connectivity index (χ4v) is 1.28. The number of rotatable bonds is 2. The molecule has 2 aromatic rings. The van der Waals surface area contributed by atoms with E-state index in [4.69, 9.17) is 0 Å². The summed E-state index contributed by atoms with van der Waals surface area (Å²) in [5, 5.41) is 0. The maximum Gasteiger partial charge on any atom is 0.358 e. The molecule has 0 aliphatic heterocycles. The van der Waals surface area contributed by atoms with Crippen LogP contribution in [0.1, 0.15) is 0 Å². The molecule has 0 bridgehead atoms. The molecule has 14 heavy (non-hydrogen) atoms. The molecule has 0 aliphatic carbocycles. The molecule has 0 amide bonds. The molecule has 0 unspecified atom stereocenters. The van der Waals surface area contributed by atoms with Gasteiger partial charge >= 0.3 is 6.05 Å². The minimum atomic E-state index is -3.52. The quantitative estimate of drug-likeness (QED) is 0.728. The van der Waals surface area contributed by atoms with E-state index in [9.17, 15) is 13.2 Å². The van der Waals surface area contributed by atoms with Gasteiger partial charge in [0.15, 0.2) is 6.67 Å². The fourth-order valence-electron chi connectivity index (χ4n) is 1.28. The standard InChI is InChI=1S/C9H7F3N2/c10-5-9(11,12)14-6-13-7-3-1-2-4-8(7)14/h1-4,6H,5H2. The lowest BCUT2D eigenvalue weighted by molar-refractivity contribution is -0.0957. The van der Waals surface area contributed by atoms with Crippen LogP contribution >= 0.6 is 0 Å². The first-order chi connectivity index (χ1) is 6.65. The average molecular weight is 200 g/mol. The lowest BCUT2D eigenvalue weighted by atomic mass is 10.3. The largest absolute Gasteiger partial charge is 0.358 e. The molecule has 74 valence electrons. The number of hydrogen-bond donors (Lipinski definition) is 0. The summed E-state index contributed by atoms with van der Waals surface area (Å²) in [6.45, 7) is -1.73. The van der Waals surface area contributed by atoms with E-state index in [2.05, 4.69) is 4.98 Å². The van der Waals surface area contributed by atoms with Gasteiger partial charge in [-0.05, 0) is 12.1 Å². The molecule has 0 spiro atoms. The molecule has 0 radical (unpaired) electrons. The molecule has 0 saturated carbocycles. The summed E-state index contributed by atoms with van der Waals surface area (Å²) in [5.74, 6) is 0. The summed E-state index contributed by atoms with van der Waals surface area (Å²) in [4.78, 5) is 3.75. The summed E-state index contributed by atoms with van der Waals surface area (Å²) in [6.07, 6.45) is 0.949. The van der Waals surface area contributed by atoms with Crippen molar-refractivity contribution in [2.24, 2.45) is 0 Å². The Morgan fingerprint density at radius 3 is 2.71 bits per heavy atom. The summed E-state index contributed by atoms with van der Waals surface area (Å²) < 4.78 is 38.6. The Balaban J connectivity index is 2.64. The van der Waals surface area contributed by atoms with Gasteiger partial charge in [0.1, 0.15) is 6.33 Å². The van der Waals surface area contributed by atoms with E-state index < -0.39 is 12.7 Å². The predicted molar refractivity (Wildman–Crippen MR) is 45.9 cm³/mol. The van der Waals surface area contributed by atoms with E-state index in [1.165, 1.54) is 6.07 Å². The minimum Gasteiger partial charge on any atom is -0.268 e. The topological polar surface area (TPSA) is 17.8 Å². The number of para-hydroxylation sites is 2. The molecule has 1 aromatic carbocycles. The third kappa shape index (κ3) is 1.25. The Hall–Kier alpha value is -1.52. The first-order valence-electron chi connectivity index (χ1n) is 4.01. The Labute approximate surface area is 78.0 Å². The van der Waals surface area contributed by atoms with Crippen LogP contribution in [0.25, 0.3) is 11.0 Å². The molecule has 0 fully saturated rings. The Morgan fingerprint density at radius 1 is 1.29 bits per heavy atom. The van der Waals surface area contributed by atoms with E-state index >= 15 is 0 Å². The van der Waals surface area contributed by atoms with Crippen molar-refractivity contribution in [2.75, 3.05) is 6.67 Å². The van der Waals surface area contributed by atoms with Gasteiger partial charge in [0.05, 0.1) is 11.0 Å². The summed E-state index contributed by atoms with van der Waals surface area (Å²) in [5.41, 5.74) is 0.663. The van der Waals surface area contributed by atoms with Gasteiger partial charge in [-0.25, -0.2) is 9.37 Å². The van der Waals surface area contributed by atoms with E-state index in [-0.39, 0.29) is 5.52 Å². The normalized spacial score (nSPS) is 12.2. The zero-order valence-electron chi connectivity index (χ0n) is 7.12. The van der Waals surface area contributed by atoms with Gasteiger partial charge in [0.25, 0.3) is 0 Å². The van der Waals surface area contributed by atoms with Crippen molar-refractivity contribution in [1.29, 1.82) is 0 Å². The number of hydrogen-bond acceptors (Lipinski definition) is 1. The van der Waals surface area contributed by atoms with E-state index in [1.54, 1.807) is 18.2 Å². The summed E-state index contributed by atoms with van der Waals surface area (Å²) in [6, 6.07) is 2.85. The SMILES string of the molecule is FCC(F)(F)n1cnc2ccccc21. The van der Waals surface area contributed by atoms with Crippen molar-refractivity contribution < 1.29 is 13.2 Å². The van der Waals surface area contributed by atoms with Crippen LogP contribution in [-0.4, -0.2) is 16.2 Å². The highest BCUT2D eigenvalue weighted by Gasteiger charge is 2.32. The Bertz CT molecular complexity index is 450. The van der Waals surface area contributed by atoms with Gasteiger partial charge in [-0.3, -0.25) is 4.57 Å². The second kappa shape index (κ2) is 3.01. The number of halogens is 3. The number of fused-ring (bicyclic) bond motifs is 1. The number of benzene rings is 1. The first kappa shape index (κ1) is 9.05. The second-order valence-corrected chi connectivity index (χ2v) is 2.90. The van der Waals surface area contributed by atoms with Crippen LogP contribution in [0.15, 0.2) is 30.6 Å². The van der Waals surface area contributed by atoms with Crippen LogP contribution in [0.2, 0.25) is 0 Å². The maximum atomic E-state index is 13.0. The number of aromatic nitrogens is 2. The minimum absolute atomic E-state index is 0.232. The van der Waals surface area contributed by atoms with Crippen molar-refractivity contribution >= 4 is 11.0 Å².